The Labute approximate surface area is 162 Å². The number of hydrogen-bond donors (Lipinski definition) is 1. The minimum absolute atomic E-state index is 0.0119. The van der Waals surface area contributed by atoms with E-state index in [1.807, 2.05) is 55.8 Å². The molecule has 0 aliphatic rings. The Morgan fingerprint density at radius 3 is 2.52 bits per heavy atom. The summed E-state index contributed by atoms with van der Waals surface area (Å²) in [6.07, 6.45) is 3.85. The van der Waals surface area contributed by atoms with Crippen LogP contribution in [-0.4, -0.2) is 10.8 Å². The van der Waals surface area contributed by atoms with Crippen molar-refractivity contribution in [2.24, 2.45) is 7.05 Å². The monoisotopic (exact) mass is 376 g/mol. The molecular weight excluding hydrogens is 356 g/mol. The van der Waals surface area contributed by atoms with Crippen molar-refractivity contribution in [1.29, 1.82) is 0 Å². The average Bonchev–Trinajstić information content (AvgIpc) is 3.10. The normalized spacial score (nSPS) is 11.1. The molecule has 1 N–H and O–H groups in total. The highest BCUT2D eigenvalue weighted by Gasteiger charge is 2.15. The first kappa shape index (κ1) is 17.5. The zero-order valence-corrected chi connectivity index (χ0v) is 16.3. The highest BCUT2D eigenvalue weighted by Crippen LogP contribution is 2.37. The smallest absolute Gasteiger partial charge is 0.253 e. The lowest BCUT2D eigenvalue weighted by molar-refractivity contribution is 0.632. The van der Waals surface area contributed by atoms with E-state index in [1.54, 1.807) is 23.6 Å². The number of rotatable bonds is 4. The van der Waals surface area contributed by atoms with Crippen LogP contribution in [0.2, 0.25) is 0 Å². The first-order valence-corrected chi connectivity index (χ1v) is 9.89. The van der Waals surface area contributed by atoms with E-state index < -0.39 is 0 Å². The Morgan fingerprint density at radius 1 is 1.04 bits per heavy atom. The third kappa shape index (κ3) is 3.26. The minimum Gasteiger partial charge on any atom is -0.455 e. The van der Waals surface area contributed by atoms with Gasteiger partial charge in [0.05, 0.1) is 0 Å². The largest absolute Gasteiger partial charge is 0.455 e. The SMILES string of the molecule is CSNc1cc(-c2cc(C)c(=O)n(C)c2)c2oc(-c3ccccc3)cc2c1. The van der Waals surface area contributed by atoms with Gasteiger partial charge in [-0.2, -0.15) is 0 Å². The van der Waals surface area contributed by atoms with Gasteiger partial charge in [0.15, 0.2) is 0 Å². The molecule has 0 unspecified atom stereocenters. The topological polar surface area (TPSA) is 47.2 Å². The van der Waals surface area contributed by atoms with Crippen LogP contribution in [0.15, 0.2) is 70.0 Å². The van der Waals surface area contributed by atoms with E-state index in [4.69, 9.17) is 4.42 Å². The first-order chi connectivity index (χ1) is 13.1. The van der Waals surface area contributed by atoms with Crippen LogP contribution in [0, 0.1) is 6.92 Å². The molecule has 0 fully saturated rings. The lowest BCUT2D eigenvalue weighted by atomic mass is 10.0. The summed E-state index contributed by atoms with van der Waals surface area (Å²) in [7, 11) is 1.78. The van der Waals surface area contributed by atoms with Crippen LogP contribution in [0.5, 0.6) is 0 Å². The summed E-state index contributed by atoms with van der Waals surface area (Å²) in [5, 5.41) is 1.02. The second-order valence-corrected chi connectivity index (χ2v) is 7.17. The van der Waals surface area contributed by atoms with E-state index >= 15 is 0 Å². The van der Waals surface area contributed by atoms with E-state index in [0.29, 0.717) is 5.56 Å². The predicted octanol–water partition coefficient (Wildman–Crippen LogP) is 5.46. The summed E-state index contributed by atoms with van der Waals surface area (Å²) in [6, 6.07) is 18.2. The number of benzene rings is 2. The highest BCUT2D eigenvalue weighted by atomic mass is 32.2. The Morgan fingerprint density at radius 2 is 1.81 bits per heavy atom. The molecule has 0 amide bonds. The summed E-state index contributed by atoms with van der Waals surface area (Å²) in [6.45, 7) is 1.84. The summed E-state index contributed by atoms with van der Waals surface area (Å²) < 4.78 is 11.2. The molecule has 0 aliphatic heterocycles. The number of fused-ring (bicyclic) bond motifs is 1. The molecule has 0 aliphatic carbocycles. The number of hydrogen-bond acceptors (Lipinski definition) is 4. The van der Waals surface area contributed by atoms with Crippen molar-refractivity contribution in [3.8, 4) is 22.5 Å². The van der Waals surface area contributed by atoms with Crippen molar-refractivity contribution in [2.75, 3.05) is 11.0 Å². The summed E-state index contributed by atoms with van der Waals surface area (Å²) in [4.78, 5) is 12.1. The molecule has 0 spiro atoms. The molecule has 4 rings (SSSR count). The lowest BCUT2D eigenvalue weighted by Crippen LogP contribution is -2.18. The standard InChI is InChI=1S/C22H20N2O2S/c1-14-9-17(13-24(2)22(14)25)19-12-18(23-27-3)10-16-11-20(26-21(16)19)15-7-5-4-6-8-15/h4-13,23H,1-3H3. The van der Waals surface area contributed by atoms with Gasteiger partial charge in [0.25, 0.3) is 5.56 Å². The van der Waals surface area contributed by atoms with Gasteiger partial charge in [-0.3, -0.25) is 4.79 Å². The van der Waals surface area contributed by atoms with E-state index in [1.165, 1.54) is 0 Å². The third-order valence-electron chi connectivity index (χ3n) is 4.57. The van der Waals surface area contributed by atoms with Gasteiger partial charge in [-0.15, -0.1) is 0 Å². The predicted molar refractivity (Wildman–Crippen MR) is 114 cm³/mol. The quantitative estimate of drug-likeness (QED) is 0.480. The Bertz CT molecular complexity index is 1150. The molecule has 2 aromatic heterocycles. The van der Waals surface area contributed by atoms with Gasteiger partial charge in [0.2, 0.25) is 0 Å². The Balaban J connectivity index is 1.98. The number of aryl methyl sites for hydroxylation is 2. The number of nitrogens with one attached hydrogen (secondary N) is 1. The molecule has 136 valence electrons. The fraction of sp³-hybridized carbons (Fsp3) is 0.136. The van der Waals surface area contributed by atoms with Crippen molar-refractivity contribution in [3.63, 3.8) is 0 Å². The molecule has 27 heavy (non-hydrogen) atoms. The van der Waals surface area contributed by atoms with E-state index in [2.05, 4.69) is 22.9 Å². The third-order valence-corrected chi connectivity index (χ3v) is 5.01. The molecule has 0 bridgehead atoms. The van der Waals surface area contributed by atoms with Gasteiger partial charge in [-0.1, -0.05) is 42.3 Å². The van der Waals surface area contributed by atoms with Crippen LogP contribution >= 0.6 is 11.9 Å². The first-order valence-electron chi connectivity index (χ1n) is 8.66. The zero-order chi connectivity index (χ0) is 19.0. The van der Waals surface area contributed by atoms with E-state index in [9.17, 15) is 4.79 Å². The van der Waals surface area contributed by atoms with Crippen LogP contribution in [0.4, 0.5) is 5.69 Å². The van der Waals surface area contributed by atoms with Crippen LogP contribution in [0.25, 0.3) is 33.4 Å². The number of anilines is 1. The Kier molecular flexibility index (Phi) is 4.54. The molecule has 4 aromatic rings. The number of pyridine rings is 1. The molecular formula is C22H20N2O2S. The number of furan rings is 1. The molecule has 0 radical (unpaired) electrons. The molecule has 4 nitrogen and oxygen atoms in total. The van der Waals surface area contributed by atoms with Crippen molar-refractivity contribution < 1.29 is 4.42 Å². The van der Waals surface area contributed by atoms with E-state index in [0.717, 1.165) is 39.1 Å². The molecule has 0 saturated carbocycles. The van der Waals surface area contributed by atoms with Crippen molar-refractivity contribution in [1.82, 2.24) is 4.57 Å². The van der Waals surface area contributed by atoms with Crippen molar-refractivity contribution in [3.05, 3.63) is 76.7 Å². The van der Waals surface area contributed by atoms with Crippen molar-refractivity contribution in [2.45, 2.75) is 6.92 Å². The number of nitrogens with zero attached hydrogens (tertiary/aromatic N) is 1. The molecule has 2 aromatic carbocycles. The minimum atomic E-state index is 0.0119. The Hall–Kier alpha value is -2.92. The maximum absolute atomic E-state index is 12.1. The van der Waals surface area contributed by atoms with Crippen molar-refractivity contribution >= 4 is 28.6 Å². The molecule has 0 atom stereocenters. The fourth-order valence-electron chi connectivity index (χ4n) is 3.31. The highest BCUT2D eigenvalue weighted by molar-refractivity contribution is 7.99. The second kappa shape index (κ2) is 7.00. The number of aromatic nitrogens is 1. The van der Waals surface area contributed by atoms with Gasteiger partial charge in [-0.05, 0) is 31.2 Å². The average molecular weight is 376 g/mol. The fourth-order valence-corrected chi connectivity index (χ4v) is 3.67. The second-order valence-electron chi connectivity index (χ2n) is 6.55. The zero-order valence-electron chi connectivity index (χ0n) is 15.4. The maximum atomic E-state index is 12.1. The van der Waals surface area contributed by atoms with Gasteiger partial charge in [-0.25, -0.2) is 0 Å². The van der Waals surface area contributed by atoms with Gasteiger partial charge >= 0.3 is 0 Å². The molecule has 5 heteroatoms. The van der Waals surface area contributed by atoms with Gasteiger partial charge in [0.1, 0.15) is 11.3 Å². The van der Waals surface area contributed by atoms with Gasteiger partial charge < -0.3 is 13.7 Å². The van der Waals surface area contributed by atoms with Crippen LogP contribution in [-0.2, 0) is 7.05 Å². The van der Waals surface area contributed by atoms with Crippen LogP contribution < -0.4 is 10.3 Å². The van der Waals surface area contributed by atoms with Gasteiger partial charge in [0, 0.05) is 52.8 Å². The summed E-state index contributed by atoms with van der Waals surface area (Å²) in [5.41, 5.74) is 5.49. The summed E-state index contributed by atoms with van der Waals surface area (Å²) in [5.74, 6) is 0.828. The maximum Gasteiger partial charge on any atom is 0.253 e. The molecule has 0 saturated heterocycles. The van der Waals surface area contributed by atoms with Crippen LogP contribution in [0.1, 0.15) is 5.56 Å². The van der Waals surface area contributed by atoms with E-state index in [-0.39, 0.29) is 5.56 Å². The summed E-state index contributed by atoms with van der Waals surface area (Å²) >= 11 is 1.54. The lowest BCUT2D eigenvalue weighted by Gasteiger charge is -2.10. The molecule has 2 heterocycles. The van der Waals surface area contributed by atoms with Crippen LogP contribution in [0.3, 0.4) is 0 Å².